The van der Waals surface area contributed by atoms with Gasteiger partial charge in [0.2, 0.25) is 0 Å². The molecule has 0 aliphatic heterocycles. The van der Waals surface area contributed by atoms with E-state index in [1.54, 1.807) is 12.1 Å². The van der Waals surface area contributed by atoms with E-state index < -0.39 is 53.2 Å². The largest absolute Gasteiger partial charge is 0.494 e. The quantitative estimate of drug-likeness (QED) is 0.0498. The Balaban J connectivity index is 1.89. The Morgan fingerprint density at radius 2 is 0.793 bits per heavy atom. The SMILES string of the molecule is CCCCCCCCCCCCCCCCCCOc1ccc(C=Nc2ccc(C(F)(F)C(F)(F)C(F)(F)C(F)(F)C(F)(F)C(F)(F)C(F)(F)C(F)(F)F)cc2)cc1. The van der Waals surface area contributed by atoms with Crippen molar-refractivity contribution in [1.82, 2.24) is 0 Å². The van der Waals surface area contributed by atoms with Gasteiger partial charge in [-0.15, -0.1) is 0 Å². The monoisotopic (exact) mass is 867 g/mol. The highest BCUT2D eigenvalue weighted by Crippen LogP contribution is 2.65. The first-order chi connectivity index (χ1) is 26.7. The second kappa shape index (κ2) is 20.8. The molecule has 19 heteroatoms. The van der Waals surface area contributed by atoms with Crippen molar-refractivity contribution in [3.05, 3.63) is 59.7 Å². The molecule has 2 aromatic carbocycles. The molecule has 0 bridgehead atoms. The topological polar surface area (TPSA) is 21.6 Å². The summed E-state index contributed by atoms with van der Waals surface area (Å²) in [5, 5.41) is 0. The first-order valence-electron chi connectivity index (χ1n) is 18.8. The first kappa shape index (κ1) is 50.9. The van der Waals surface area contributed by atoms with Crippen LogP contribution in [0, 0.1) is 0 Å². The van der Waals surface area contributed by atoms with Crippen molar-refractivity contribution < 1.29 is 79.4 Å². The smallest absolute Gasteiger partial charge is 0.460 e. The third-order valence-corrected chi connectivity index (χ3v) is 9.46. The number of unbranched alkanes of at least 4 members (excludes halogenated alkanes) is 15. The standard InChI is InChI=1S/C39H46F17NO/c1-2-3-4-5-6-7-8-9-10-11-12-13-14-15-16-17-26-58-31-24-18-28(19-25-31)27-57-30-22-20-29(21-23-30)32(40,41)33(42,43)34(44,45)35(46,47)36(48,49)37(50,51)38(52,53)39(54,55)56/h18-25,27H,2-17,26H2,1H3. The fourth-order valence-corrected chi connectivity index (χ4v) is 5.74. The molecule has 0 saturated heterocycles. The van der Waals surface area contributed by atoms with Gasteiger partial charge in [-0.05, 0) is 48.4 Å². The van der Waals surface area contributed by atoms with Crippen LogP contribution in [0.2, 0.25) is 0 Å². The van der Waals surface area contributed by atoms with Gasteiger partial charge in [-0.3, -0.25) is 4.99 Å². The van der Waals surface area contributed by atoms with Crippen molar-refractivity contribution in [3.8, 4) is 5.75 Å². The van der Waals surface area contributed by atoms with Crippen LogP contribution in [0.3, 0.4) is 0 Å². The van der Waals surface area contributed by atoms with Crippen LogP contribution in [0.25, 0.3) is 0 Å². The lowest BCUT2D eigenvalue weighted by Gasteiger charge is -2.42. The predicted octanol–water partition coefficient (Wildman–Crippen LogP) is 15.5. The second-order valence-corrected chi connectivity index (χ2v) is 14.0. The summed E-state index contributed by atoms with van der Waals surface area (Å²) in [5.41, 5.74) is -2.26. The van der Waals surface area contributed by atoms with Gasteiger partial charge in [0, 0.05) is 11.8 Å². The zero-order chi connectivity index (χ0) is 44.1. The highest BCUT2D eigenvalue weighted by Gasteiger charge is 2.95. The normalized spacial score (nSPS) is 14.1. The molecule has 58 heavy (non-hydrogen) atoms. The summed E-state index contributed by atoms with van der Waals surface area (Å²) in [7, 11) is 0. The van der Waals surface area contributed by atoms with Gasteiger partial charge in [0.25, 0.3) is 0 Å². The Labute approximate surface area is 325 Å². The molecule has 0 fully saturated rings. The molecule has 2 nitrogen and oxygen atoms in total. The maximum Gasteiger partial charge on any atom is 0.460 e. The number of aliphatic imine (C=N–C) groups is 1. The molecule has 0 aromatic heterocycles. The molecule has 0 radical (unpaired) electrons. The molecule has 0 spiro atoms. The summed E-state index contributed by atoms with van der Waals surface area (Å²) >= 11 is 0. The third kappa shape index (κ3) is 11.7. The zero-order valence-electron chi connectivity index (χ0n) is 31.5. The molecule has 0 N–H and O–H groups in total. The van der Waals surface area contributed by atoms with Gasteiger partial charge >= 0.3 is 47.6 Å². The van der Waals surface area contributed by atoms with Crippen molar-refractivity contribution >= 4 is 11.9 Å². The van der Waals surface area contributed by atoms with Crippen LogP contribution in [-0.4, -0.2) is 54.5 Å². The molecule has 0 unspecified atom stereocenters. The summed E-state index contributed by atoms with van der Waals surface area (Å²) in [6, 6.07) is 6.87. The molecular formula is C39H46F17NO. The van der Waals surface area contributed by atoms with Crippen LogP contribution < -0.4 is 4.74 Å². The van der Waals surface area contributed by atoms with Crippen molar-refractivity contribution in [2.75, 3.05) is 6.61 Å². The van der Waals surface area contributed by atoms with Crippen molar-refractivity contribution in [1.29, 1.82) is 0 Å². The molecular weight excluding hydrogens is 821 g/mol. The number of rotatable bonds is 27. The van der Waals surface area contributed by atoms with Crippen molar-refractivity contribution in [2.45, 2.75) is 157 Å². The van der Waals surface area contributed by atoms with E-state index in [1.807, 2.05) is 0 Å². The van der Waals surface area contributed by atoms with E-state index in [9.17, 15) is 74.6 Å². The van der Waals surface area contributed by atoms with Gasteiger partial charge < -0.3 is 4.74 Å². The fourth-order valence-electron chi connectivity index (χ4n) is 5.74. The Hall–Kier alpha value is -3.28. The minimum Gasteiger partial charge on any atom is -0.494 e. The summed E-state index contributed by atoms with van der Waals surface area (Å²) in [6.07, 6.45) is 12.8. The van der Waals surface area contributed by atoms with Gasteiger partial charge in [0.15, 0.2) is 0 Å². The van der Waals surface area contributed by atoms with Crippen molar-refractivity contribution in [2.24, 2.45) is 4.99 Å². The summed E-state index contributed by atoms with van der Waals surface area (Å²) < 4.78 is 237. The predicted molar refractivity (Wildman–Crippen MR) is 185 cm³/mol. The number of hydrogen-bond donors (Lipinski definition) is 0. The molecule has 0 saturated carbocycles. The van der Waals surface area contributed by atoms with E-state index in [4.69, 9.17) is 4.74 Å². The zero-order valence-corrected chi connectivity index (χ0v) is 31.5. The van der Waals surface area contributed by atoms with Gasteiger partial charge in [0.05, 0.1) is 12.3 Å². The van der Waals surface area contributed by atoms with E-state index in [0.717, 1.165) is 31.9 Å². The fraction of sp³-hybridized carbons (Fsp3) is 0.667. The lowest BCUT2D eigenvalue weighted by atomic mass is 9.87. The van der Waals surface area contributed by atoms with E-state index in [-0.39, 0.29) is 17.8 Å². The van der Waals surface area contributed by atoms with E-state index in [2.05, 4.69) is 11.9 Å². The first-order valence-corrected chi connectivity index (χ1v) is 18.8. The number of nitrogens with zero attached hydrogens (tertiary/aromatic N) is 1. The minimum absolute atomic E-state index is 0.102. The lowest BCUT2D eigenvalue weighted by Crippen LogP contribution is -2.74. The van der Waals surface area contributed by atoms with Crippen LogP contribution in [0.1, 0.15) is 121 Å². The maximum atomic E-state index is 14.6. The molecule has 332 valence electrons. The third-order valence-electron chi connectivity index (χ3n) is 9.46. The number of alkyl halides is 17. The van der Waals surface area contributed by atoms with Crippen LogP contribution in [0.15, 0.2) is 53.5 Å². The minimum atomic E-state index is -8.67. The molecule has 0 heterocycles. The van der Waals surface area contributed by atoms with E-state index >= 15 is 0 Å². The van der Waals surface area contributed by atoms with Crippen LogP contribution in [-0.2, 0) is 5.92 Å². The van der Waals surface area contributed by atoms with E-state index in [1.165, 1.54) is 89.2 Å². The van der Waals surface area contributed by atoms with Crippen LogP contribution >= 0.6 is 0 Å². The summed E-state index contributed by atoms with van der Waals surface area (Å²) in [5.74, 6) is -56.3. The Morgan fingerprint density at radius 3 is 1.19 bits per heavy atom. The molecule has 0 amide bonds. The Morgan fingerprint density at radius 1 is 0.431 bits per heavy atom. The van der Waals surface area contributed by atoms with Crippen molar-refractivity contribution in [3.63, 3.8) is 0 Å². The molecule has 2 aromatic rings. The number of halogens is 17. The van der Waals surface area contributed by atoms with Gasteiger partial charge in [-0.25, -0.2) is 0 Å². The maximum absolute atomic E-state index is 14.6. The average molecular weight is 868 g/mol. The highest BCUT2D eigenvalue weighted by molar-refractivity contribution is 5.82. The molecule has 2 rings (SSSR count). The van der Waals surface area contributed by atoms with Gasteiger partial charge in [0.1, 0.15) is 5.75 Å². The molecule has 0 aliphatic rings. The number of hydrogen-bond acceptors (Lipinski definition) is 2. The molecule has 0 atom stereocenters. The Bertz CT molecular complexity index is 1520. The summed E-state index contributed by atoms with van der Waals surface area (Å²) in [4.78, 5) is 3.82. The summed E-state index contributed by atoms with van der Waals surface area (Å²) in [6.45, 7) is 2.66. The average Bonchev–Trinajstić information content (AvgIpc) is 3.14. The Kier molecular flexibility index (Phi) is 18.2. The number of benzene rings is 2. The second-order valence-electron chi connectivity index (χ2n) is 14.0. The van der Waals surface area contributed by atoms with Gasteiger partial charge in [-0.1, -0.05) is 115 Å². The number of ether oxygens (including phenoxy) is 1. The van der Waals surface area contributed by atoms with Crippen LogP contribution in [0.5, 0.6) is 5.75 Å². The lowest BCUT2D eigenvalue weighted by molar-refractivity contribution is -0.462. The van der Waals surface area contributed by atoms with E-state index in [0.29, 0.717) is 30.1 Å². The molecule has 0 aliphatic carbocycles. The van der Waals surface area contributed by atoms with Crippen LogP contribution in [0.4, 0.5) is 80.3 Å². The van der Waals surface area contributed by atoms with Gasteiger partial charge in [-0.2, -0.15) is 74.6 Å². The highest BCUT2D eigenvalue weighted by atomic mass is 19.4.